The zero-order valence-electron chi connectivity index (χ0n) is 12.8. The summed E-state index contributed by atoms with van der Waals surface area (Å²) in [5.41, 5.74) is 1.09. The summed E-state index contributed by atoms with van der Waals surface area (Å²) in [6.45, 7) is 4.41. The highest BCUT2D eigenvalue weighted by Crippen LogP contribution is 2.28. The van der Waals surface area contributed by atoms with Crippen molar-refractivity contribution in [2.45, 2.75) is 38.5 Å². The Morgan fingerprint density at radius 2 is 2.29 bits per heavy atom. The Balaban J connectivity index is 1.88. The molecule has 1 aromatic carbocycles. The second kappa shape index (κ2) is 8.22. The molecule has 0 radical (unpaired) electrons. The lowest BCUT2D eigenvalue weighted by Gasteiger charge is -2.15. The van der Waals surface area contributed by atoms with Crippen LogP contribution in [0.3, 0.4) is 0 Å². The molecule has 2 N–H and O–H groups in total. The molecule has 1 heterocycles. The van der Waals surface area contributed by atoms with Crippen molar-refractivity contribution in [3.63, 3.8) is 0 Å². The van der Waals surface area contributed by atoms with Crippen LogP contribution in [-0.2, 0) is 11.3 Å². The second-order valence-corrected chi connectivity index (χ2v) is 5.41. The van der Waals surface area contributed by atoms with E-state index in [1.807, 2.05) is 18.2 Å². The molecule has 1 aliphatic rings. The van der Waals surface area contributed by atoms with Crippen LogP contribution < -0.4 is 14.8 Å². The van der Waals surface area contributed by atoms with Crippen LogP contribution in [0, 0.1) is 0 Å². The molecule has 1 fully saturated rings. The molecule has 2 rings (SSSR count). The molecule has 0 spiro atoms. The predicted molar refractivity (Wildman–Crippen MR) is 80.9 cm³/mol. The Morgan fingerprint density at radius 1 is 1.43 bits per heavy atom. The minimum Gasteiger partial charge on any atom is -0.493 e. The molecule has 1 saturated heterocycles. The number of hydrogen-bond donors (Lipinski definition) is 2. The highest BCUT2D eigenvalue weighted by molar-refractivity contribution is 5.43. The summed E-state index contributed by atoms with van der Waals surface area (Å²) < 4.78 is 16.7. The molecule has 5 heteroatoms. The zero-order valence-corrected chi connectivity index (χ0v) is 12.8. The number of hydrogen-bond acceptors (Lipinski definition) is 5. The number of aliphatic hydroxyl groups excluding tert-OH is 1. The number of nitrogens with one attached hydrogen (secondary N) is 1. The van der Waals surface area contributed by atoms with E-state index in [1.165, 1.54) is 0 Å². The van der Waals surface area contributed by atoms with Gasteiger partial charge < -0.3 is 24.6 Å². The van der Waals surface area contributed by atoms with Gasteiger partial charge in [-0.25, -0.2) is 0 Å². The zero-order chi connectivity index (χ0) is 15.1. The third-order valence-corrected chi connectivity index (χ3v) is 3.45. The van der Waals surface area contributed by atoms with Crippen molar-refractivity contribution in [2.75, 3.05) is 26.9 Å². The molecule has 5 nitrogen and oxygen atoms in total. The van der Waals surface area contributed by atoms with Gasteiger partial charge in [0.05, 0.1) is 19.3 Å². The van der Waals surface area contributed by atoms with E-state index in [0.717, 1.165) is 36.5 Å². The summed E-state index contributed by atoms with van der Waals surface area (Å²) in [5, 5.41) is 12.4. The van der Waals surface area contributed by atoms with E-state index in [9.17, 15) is 5.11 Å². The van der Waals surface area contributed by atoms with Crippen molar-refractivity contribution in [3.8, 4) is 11.5 Å². The molecule has 0 aliphatic carbocycles. The average molecular weight is 295 g/mol. The first-order chi connectivity index (χ1) is 10.2. The van der Waals surface area contributed by atoms with E-state index in [2.05, 4.69) is 5.32 Å². The predicted octanol–water partition coefficient (Wildman–Crippen LogP) is 1.72. The van der Waals surface area contributed by atoms with E-state index < -0.39 is 0 Å². The van der Waals surface area contributed by atoms with Crippen LogP contribution in [0.1, 0.15) is 25.3 Å². The topological polar surface area (TPSA) is 60.0 Å². The lowest BCUT2D eigenvalue weighted by atomic mass is 10.2. The first-order valence-corrected chi connectivity index (χ1v) is 7.49. The maximum Gasteiger partial charge on any atom is 0.161 e. The summed E-state index contributed by atoms with van der Waals surface area (Å²) in [7, 11) is 1.64. The molecular formula is C16H25NO4. The van der Waals surface area contributed by atoms with Gasteiger partial charge in [-0.2, -0.15) is 0 Å². The van der Waals surface area contributed by atoms with Crippen LogP contribution >= 0.6 is 0 Å². The van der Waals surface area contributed by atoms with Gasteiger partial charge in [0.1, 0.15) is 6.61 Å². The SMILES string of the molecule is COc1cc(CNCC(C)O)ccc1OCC1CCCO1. The fraction of sp³-hybridized carbons (Fsp3) is 0.625. The Labute approximate surface area is 126 Å². The van der Waals surface area contributed by atoms with Crippen LogP contribution in [0.15, 0.2) is 18.2 Å². The molecule has 2 atom stereocenters. The fourth-order valence-corrected chi connectivity index (χ4v) is 2.33. The molecule has 0 saturated carbocycles. The Hall–Kier alpha value is -1.30. The minimum atomic E-state index is -0.346. The molecule has 0 bridgehead atoms. The van der Waals surface area contributed by atoms with Crippen LogP contribution in [0.4, 0.5) is 0 Å². The Morgan fingerprint density at radius 3 is 2.95 bits per heavy atom. The third-order valence-electron chi connectivity index (χ3n) is 3.45. The van der Waals surface area contributed by atoms with Crippen LogP contribution in [0.2, 0.25) is 0 Å². The largest absolute Gasteiger partial charge is 0.493 e. The van der Waals surface area contributed by atoms with Crippen molar-refractivity contribution in [1.29, 1.82) is 0 Å². The van der Waals surface area contributed by atoms with E-state index in [-0.39, 0.29) is 12.2 Å². The van der Waals surface area contributed by atoms with Gasteiger partial charge in [-0.3, -0.25) is 0 Å². The standard InChI is InChI=1S/C16H25NO4/c1-12(18)9-17-10-13-5-6-15(16(8-13)19-2)21-11-14-4-3-7-20-14/h5-6,8,12,14,17-18H,3-4,7,9-11H2,1-2H3. The summed E-state index contributed by atoms with van der Waals surface area (Å²) in [6, 6.07) is 5.88. The van der Waals surface area contributed by atoms with Gasteiger partial charge in [-0.05, 0) is 37.5 Å². The smallest absolute Gasteiger partial charge is 0.161 e. The molecule has 1 aromatic rings. The second-order valence-electron chi connectivity index (χ2n) is 5.41. The van der Waals surface area contributed by atoms with Crippen LogP contribution in [0.5, 0.6) is 11.5 Å². The number of benzene rings is 1. The molecule has 2 unspecified atom stereocenters. The highest BCUT2D eigenvalue weighted by Gasteiger charge is 2.17. The first kappa shape index (κ1) is 16.1. The van der Waals surface area contributed by atoms with Crippen molar-refractivity contribution in [3.05, 3.63) is 23.8 Å². The number of rotatable bonds is 8. The van der Waals surface area contributed by atoms with Gasteiger partial charge in [0, 0.05) is 19.7 Å². The molecule has 0 aromatic heterocycles. The first-order valence-electron chi connectivity index (χ1n) is 7.49. The Kier molecular flexibility index (Phi) is 6.29. The highest BCUT2D eigenvalue weighted by atomic mass is 16.5. The van der Waals surface area contributed by atoms with Crippen molar-refractivity contribution in [1.82, 2.24) is 5.32 Å². The van der Waals surface area contributed by atoms with Gasteiger partial charge in [0.2, 0.25) is 0 Å². The maximum absolute atomic E-state index is 9.23. The molecule has 21 heavy (non-hydrogen) atoms. The number of aliphatic hydroxyl groups is 1. The number of ether oxygens (including phenoxy) is 3. The monoisotopic (exact) mass is 295 g/mol. The van der Waals surface area contributed by atoms with E-state index in [0.29, 0.717) is 19.7 Å². The Bertz CT molecular complexity index is 430. The lowest BCUT2D eigenvalue weighted by molar-refractivity contribution is 0.0669. The van der Waals surface area contributed by atoms with Gasteiger partial charge in [-0.15, -0.1) is 0 Å². The summed E-state index contributed by atoms with van der Waals surface area (Å²) >= 11 is 0. The minimum absolute atomic E-state index is 0.196. The van der Waals surface area contributed by atoms with Gasteiger partial charge in [0.15, 0.2) is 11.5 Å². The summed E-state index contributed by atoms with van der Waals surface area (Å²) in [4.78, 5) is 0. The van der Waals surface area contributed by atoms with Gasteiger partial charge in [-0.1, -0.05) is 6.07 Å². The third kappa shape index (κ3) is 5.19. The average Bonchev–Trinajstić information content (AvgIpc) is 2.98. The molecule has 118 valence electrons. The fourth-order valence-electron chi connectivity index (χ4n) is 2.33. The maximum atomic E-state index is 9.23. The number of methoxy groups -OCH3 is 1. The van der Waals surface area contributed by atoms with Gasteiger partial charge >= 0.3 is 0 Å². The van der Waals surface area contributed by atoms with Crippen molar-refractivity contribution >= 4 is 0 Å². The van der Waals surface area contributed by atoms with E-state index in [1.54, 1.807) is 14.0 Å². The van der Waals surface area contributed by atoms with E-state index in [4.69, 9.17) is 14.2 Å². The lowest BCUT2D eigenvalue weighted by Crippen LogP contribution is -2.23. The molecule has 0 amide bonds. The molecular weight excluding hydrogens is 270 g/mol. The normalized spacial score (nSPS) is 19.5. The quantitative estimate of drug-likeness (QED) is 0.765. The van der Waals surface area contributed by atoms with Crippen LogP contribution in [0.25, 0.3) is 0 Å². The molecule has 1 aliphatic heterocycles. The summed E-state index contributed by atoms with van der Waals surface area (Å²) in [6.07, 6.45) is 2.02. The van der Waals surface area contributed by atoms with Crippen LogP contribution in [-0.4, -0.2) is 44.2 Å². The van der Waals surface area contributed by atoms with Crippen molar-refractivity contribution in [2.24, 2.45) is 0 Å². The van der Waals surface area contributed by atoms with Crippen molar-refractivity contribution < 1.29 is 19.3 Å². The van der Waals surface area contributed by atoms with E-state index >= 15 is 0 Å². The van der Waals surface area contributed by atoms with Gasteiger partial charge in [0.25, 0.3) is 0 Å². The summed E-state index contributed by atoms with van der Waals surface area (Å²) in [5.74, 6) is 1.47.